The van der Waals surface area contributed by atoms with Crippen LogP contribution >= 0.6 is 15.9 Å². The summed E-state index contributed by atoms with van der Waals surface area (Å²) in [5, 5.41) is 9.42. The van der Waals surface area contributed by atoms with Crippen molar-refractivity contribution >= 4 is 15.9 Å². The smallest absolute Gasteiger partial charge is 0.269 e. The first-order chi connectivity index (χ1) is 8.11. The fourth-order valence-electron chi connectivity index (χ4n) is 1.15. The van der Waals surface area contributed by atoms with E-state index in [1.54, 1.807) is 0 Å². The molecule has 0 spiro atoms. The van der Waals surface area contributed by atoms with E-state index in [1.165, 1.54) is 19.5 Å². The molecule has 17 heavy (non-hydrogen) atoms. The van der Waals surface area contributed by atoms with E-state index in [0.717, 1.165) is 0 Å². The Morgan fingerprint density at radius 2 is 2.24 bits per heavy atom. The van der Waals surface area contributed by atoms with Crippen LogP contribution in [0.25, 0.3) is 11.5 Å². The third-order valence-corrected chi connectivity index (χ3v) is 2.65. The zero-order chi connectivity index (χ0) is 12.4. The molecule has 2 aromatic heterocycles. The zero-order valence-corrected chi connectivity index (χ0v) is 10.2. The molecule has 0 aliphatic heterocycles. The van der Waals surface area contributed by atoms with Gasteiger partial charge in [-0.15, -0.1) is 0 Å². The molecule has 2 N–H and O–H groups in total. The maximum atomic E-state index is 11.4. The number of halogens is 1. The van der Waals surface area contributed by atoms with Crippen LogP contribution in [0.2, 0.25) is 0 Å². The highest BCUT2D eigenvalue weighted by Gasteiger charge is 2.10. The first-order valence-electron chi connectivity index (χ1n) is 4.47. The summed E-state index contributed by atoms with van der Waals surface area (Å²) in [7, 11) is 1.46. The van der Waals surface area contributed by atoms with Gasteiger partial charge in [-0.3, -0.25) is 4.79 Å². The number of nitrogens with zero attached hydrogens (tertiary/aromatic N) is 3. The highest BCUT2D eigenvalue weighted by atomic mass is 79.9. The molecule has 0 atom stereocenters. The van der Waals surface area contributed by atoms with Crippen LogP contribution in [0.4, 0.5) is 0 Å². The largest absolute Gasteiger partial charge is 0.492 e. The van der Waals surface area contributed by atoms with Crippen molar-refractivity contribution in [2.45, 2.75) is 0 Å². The van der Waals surface area contributed by atoms with Crippen molar-refractivity contribution < 1.29 is 9.84 Å². The molecule has 0 aliphatic carbocycles. The summed E-state index contributed by atoms with van der Waals surface area (Å²) in [5.74, 6) is 0.0674. The molecule has 2 aromatic rings. The minimum atomic E-state index is -0.495. The van der Waals surface area contributed by atoms with E-state index in [2.05, 4.69) is 35.9 Å². The summed E-state index contributed by atoms with van der Waals surface area (Å²) in [6, 6.07) is 1.49. The number of nitrogens with one attached hydrogen (secondary N) is 1. The normalized spacial score (nSPS) is 10.2. The minimum Gasteiger partial charge on any atom is -0.492 e. The molecule has 88 valence electrons. The number of H-pyrrole nitrogens is 1. The van der Waals surface area contributed by atoms with E-state index in [9.17, 15) is 9.90 Å². The first-order valence-corrected chi connectivity index (χ1v) is 5.26. The lowest BCUT2D eigenvalue weighted by Gasteiger charge is -2.03. The van der Waals surface area contributed by atoms with Crippen molar-refractivity contribution in [2.24, 2.45) is 0 Å². The average molecular weight is 299 g/mol. The number of aromatic amines is 1. The summed E-state index contributed by atoms with van der Waals surface area (Å²) in [6.07, 6.45) is 1.27. The second-order valence-corrected chi connectivity index (χ2v) is 3.79. The molecule has 0 saturated carbocycles. The van der Waals surface area contributed by atoms with Crippen LogP contribution in [-0.2, 0) is 0 Å². The SMILES string of the molecule is COc1cc(-c2nc(O)c(Br)c(=O)[nH]2)ncn1. The molecule has 0 saturated heterocycles. The Hall–Kier alpha value is -1.96. The highest BCUT2D eigenvalue weighted by molar-refractivity contribution is 9.10. The quantitative estimate of drug-likeness (QED) is 0.846. The van der Waals surface area contributed by atoms with Crippen LogP contribution in [0.3, 0.4) is 0 Å². The molecule has 8 heteroatoms. The number of aromatic nitrogens is 4. The molecule has 0 aliphatic rings. The summed E-state index contributed by atoms with van der Waals surface area (Å²) >= 11 is 2.90. The number of ether oxygens (including phenoxy) is 1. The zero-order valence-electron chi connectivity index (χ0n) is 8.64. The maximum absolute atomic E-state index is 11.4. The lowest BCUT2D eigenvalue weighted by molar-refractivity contribution is 0.397. The highest BCUT2D eigenvalue weighted by Crippen LogP contribution is 2.20. The molecular formula is C9H7BrN4O3. The first kappa shape index (κ1) is 11.5. The van der Waals surface area contributed by atoms with Crippen molar-refractivity contribution in [3.8, 4) is 23.3 Å². The van der Waals surface area contributed by atoms with Crippen molar-refractivity contribution in [3.63, 3.8) is 0 Å². The Kier molecular flexibility index (Phi) is 3.05. The van der Waals surface area contributed by atoms with E-state index >= 15 is 0 Å². The lowest BCUT2D eigenvalue weighted by Crippen LogP contribution is -2.10. The van der Waals surface area contributed by atoms with E-state index in [-0.39, 0.29) is 10.3 Å². The van der Waals surface area contributed by atoms with Gasteiger partial charge in [-0.1, -0.05) is 0 Å². The van der Waals surface area contributed by atoms with Gasteiger partial charge < -0.3 is 14.8 Å². The van der Waals surface area contributed by atoms with Crippen LogP contribution in [0.15, 0.2) is 21.7 Å². The summed E-state index contributed by atoms with van der Waals surface area (Å²) in [5.41, 5.74) is -0.151. The number of hydrogen-bond donors (Lipinski definition) is 2. The number of hydrogen-bond acceptors (Lipinski definition) is 6. The van der Waals surface area contributed by atoms with Crippen molar-refractivity contribution in [1.82, 2.24) is 19.9 Å². The number of rotatable bonds is 2. The Morgan fingerprint density at radius 1 is 1.47 bits per heavy atom. The fourth-order valence-corrected chi connectivity index (χ4v) is 1.34. The predicted octanol–water partition coefficient (Wildman–Crippen LogP) is 0.704. The van der Waals surface area contributed by atoms with Gasteiger partial charge in [0.25, 0.3) is 5.56 Å². The molecule has 7 nitrogen and oxygen atoms in total. The van der Waals surface area contributed by atoms with Gasteiger partial charge in [0, 0.05) is 6.07 Å². The predicted molar refractivity (Wildman–Crippen MR) is 61.8 cm³/mol. The van der Waals surface area contributed by atoms with Crippen LogP contribution in [0, 0.1) is 0 Å². The van der Waals surface area contributed by atoms with Crippen LogP contribution < -0.4 is 10.3 Å². The van der Waals surface area contributed by atoms with Crippen molar-refractivity contribution in [1.29, 1.82) is 0 Å². The van der Waals surface area contributed by atoms with E-state index in [1.807, 2.05) is 0 Å². The van der Waals surface area contributed by atoms with Crippen LogP contribution in [0.1, 0.15) is 0 Å². The third-order valence-electron chi connectivity index (χ3n) is 1.94. The average Bonchev–Trinajstić information content (AvgIpc) is 2.35. The van der Waals surface area contributed by atoms with Gasteiger partial charge in [0.15, 0.2) is 5.82 Å². The number of aromatic hydroxyl groups is 1. The lowest BCUT2D eigenvalue weighted by atomic mass is 10.3. The van der Waals surface area contributed by atoms with Crippen molar-refractivity contribution in [2.75, 3.05) is 7.11 Å². The fraction of sp³-hybridized carbons (Fsp3) is 0.111. The van der Waals surface area contributed by atoms with Gasteiger partial charge in [0.05, 0.1) is 7.11 Å². The Morgan fingerprint density at radius 3 is 2.88 bits per heavy atom. The molecule has 2 rings (SSSR count). The molecule has 0 aromatic carbocycles. The molecule has 2 heterocycles. The Balaban J connectivity index is 2.56. The van der Waals surface area contributed by atoms with Gasteiger partial charge in [-0.25, -0.2) is 9.97 Å². The van der Waals surface area contributed by atoms with Gasteiger partial charge >= 0.3 is 0 Å². The van der Waals surface area contributed by atoms with E-state index < -0.39 is 11.4 Å². The van der Waals surface area contributed by atoms with Crippen LogP contribution in [-0.4, -0.2) is 32.2 Å². The van der Waals surface area contributed by atoms with E-state index in [0.29, 0.717) is 11.6 Å². The monoisotopic (exact) mass is 298 g/mol. The minimum absolute atomic E-state index is 0.0257. The molecule has 0 radical (unpaired) electrons. The van der Waals surface area contributed by atoms with Crippen molar-refractivity contribution in [3.05, 3.63) is 27.2 Å². The molecular weight excluding hydrogens is 292 g/mol. The van der Waals surface area contributed by atoms with Gasteiger partial charge in [-0.05, 0) is 15.9 Å². The van der Waals surface area contributed by atoms with Gasteiger partial charge in [-0.2, -0.15) is 4.98 Å². The number of methoxy groups -OCH3 is 1. The second kappa shape index (κ2) is 4.50. The molecule has 0 fully saturated rings. The van der Waals surface area contributed by atoms with Crippen LogP contribution in [0.5, 0.6) is 11.8 Å². The van der Waals surface area contributed by atoms with Gasteiger partial charge in [0.1, 0.15) is 16.5 Å². The molecule has 0 bridgehead atoms. The summed E-state index contributed by atoms with van der Waals surface area (Å²) in [6.45, 7) is 0. The summed E-state index contributed by atoms with van der Waals surface area (Å²) in [4.78, 5) is 25.4. The van der Waals surface area contributed by atoms with Gasteiger partial charge in [0.2, 0.25) is 11.8 Å². The topological polar surface area (TPSA) is 101 Å². The standard InChI is InChI=1S/C9H7BrN4O3/c1-17-5-2-4(11-3-12-5)7-13-8(15)6(10)9(16)14-7/h2-3H,1H3,(H2,13,14,15,16). The second-order valence-electron chi connectivity index (χ2n) is 3.00. The Labute approximate surface area is 104 Å². The molecule has 0 unspecified atom stereocenters. The summed E-state index contributed by atoms with van der Waals surface area (Å²) < 4.78 is 4.89. The molecule has 0 amide bonds. The Bertz CT molecular complexity index is 613. The maximum Gasteiger partial charge on any atom is 0.269 e. The van der Waals surface area contributed by atoms with E-state index in [4.69, 9.17) is 4.74 Å². The third kappa shape index (κ3) is 2.26.